The standard InChI is InChI=1S/C27H30N4O3/c32-26(29-18-21-8-4-12-28-25(21)30-14-16-34-17-15-30)22-9-5-13-31(19-22)27(33)24-11-3-7-20-6-1-2-10-23(20)24/h1-4,6-8,10-12,22H,5,9,13-19H2,(H,29,32). The molecular formula is C27H30N4O3. The maximum atomic E-state index is 13.4. The van der Waals surface area contributed by atoms with E-state index in [1.54, 1.807) is 6.20 Å². The normalized spacial score (nSPS) is 18.6. The number of carbonyl (C=O) groups is 2. The zero-order valence-electron chi connectivity index (χ0n) is 19.3. The molecule has 2 aliphatic rings. The molecule has 0 aliphatic carbocycles. The Hall–Kier alpha value is -3.45. The second-order valence-corrected chi connectivity index (χ2v) is 8.92. The van der Waals surface area contributed by atoms with Gasteiger partial charge in [-0.15, -0.1) is 0 Å². The van der Waals surface area contributed by atoms with Crippen molar-refractivity contribution in [2.75, 3.05) is 44.3 Å². The number of morpholine rings is 1. The summed E-state index contributed by atoms with van der Waals surface area (Å²) < 4.78 is 5.45. The fourth-order valence-corrected chi connectivity index (χ4v) is 4.91. The molecule has 2 saturated heterocycles. The first-order valence-corrected chi connectivity index (χ1v) is 12.0. The third kappa shape index (κ3) is 4.75. The molecule has 1 N–H and O–H groups in total. The molecule has 176 valence electrons. The van der Waals surface area contributed by atoms with Gasteiger partial charge >= 0.3 is 0 Å². The van der Waals surface area contributed by atoms with E-state index < -0.39 is 0 Å². The zero-order chi connectivity index (χ0) is 23.3. The Kier molecular flexibility index (Phi) is 6.72. The summed E-state index contributed by atoms with van der Waals surface area (Å²) in [5.41, 5.74) is 1.70. The smallest absolute Gasteiger partial charge is 0.254 e. The third-order valence-electron chi connectivity index (χ3n) is 6.73. The molecule has 1 atom stereocenters. The number of pyridine rings is 1. The minimum Gasteiger partial charge on any atom is -0.378 e. The van der Waals surface area contributed by atoms with Crippen LogP contribution < -0.4 is 10.2 Å². The zero-order valence-corrected chi connectivity index (χ0v) is 19.3. The molecule has 2 aliphatic heterocycles. The minimum atomic E-state index is -0.212. The molecular weight excluding hydrogens is 428 g/mol. The lowest BCUT2D eigenvalue weighted by Crippen LogP contribution is -2.45. The van der Waals surface area contributed by atoms with Gasteiger partial charge in [0.2, 0.25) is 5.91 Å². The van der Waals surface area contributed by atoms with Gasteiger partial charge in [0.25, 0.3) is 5.91 Å². The molecule has 1 unspecified atom stereocenters. The second kappa shape index (κ2) is 10.2. The van der Waals surface area contributed by atoms with E-state index in [0.717, 1.165) is 48.1 Å². The monoisotopic (exact) mass is 458 g/mol. The Morgan fingerprint density at radius 3 is 2.71 bits per heavy atom. The highest BCUT2D eigenvalue weighted by Crippen LogP contribution is 2.24. The Morgan fingerprint density at radius 1 is 1.00 bits per heavy atom. The molecule has 0 radical (unpaired) electrons. The maximum absolute atomic E-state index is 13.4. The number of nitrogens with one attached hydrogen (secondary N) is 1. The van der Waals surface area contributed by atoms with E-state index >= 15 is 0 Å². The summed E-state index contributed by atoms with van der Waals surface area (Å²) >= 11 is 0. The lowest BCUT2D eigenvalue weighted by atomic mass is 9.95. The van der Waals surface area contributed by atoms with E-state index in [1.165, 1.54) is 0 Å². The van der Waals surface area contributed by atoms with Crippen LogP contribution in [-0.2, 0) is 16.1 Å². The summed E-state index contributed by atoms with van der Waals surface area (Å²) in [7, 11) is 0. The molecule has 0 saturated carbocycles. The molecule has 7 heteroatoms. The van der Waals surface area contributed by atoms with Gasteiger partial charge in [0.15, 0.2) is 0 Å². The van der Waals surface area contributed by atoms with E-state index in [9.17, 15) is 9.59 Å². The molecule has 2 fully saturated rings. The van der Waals surface area contributed by atoms with Gasteiger partial charge in [-0.05, 0) is 35.7 Å². The average Bonchev–Trinajstić information content (AvgIpc) is 2.91. The van der Waals surface area contributed by atoms with Crippen molar-refractivity contribution in [2.24, 2.45) is 5.92 Å². The summed E-state index contributed by atoms with van der Waals surface area (Å²) in [5, 5.41) is 5.10. The van der Waals surface area contributed by atoms with Crippen LogP contribution in [0.1, 0.15) is 28.8 Å². The molecule has 7 nitrogen and oxygen atoms in total. The van der Waals surface area contributed by atoms with E-state index in [0.29, 0.717) is 38.4 Å². The van der Waals surface area contributed by atoms with Crippen molar-refractivity contribution < 1.29 is 14.3 Å². The average molecular weight is 459 g/mol. The summed E-state index contributed by atoms with van der Waals surface area (Å²) in [5.74, 6) is 0.682. The fourth-order valence-electron chi connectivity index (χ4n) is 4.91. The van der Waals surface area contributed by atoms with Crippen LogP contribution in [0.25, 0.3) is 10.8 Å². The van der Waals surface area contributed by atoms with E-state index in [-0.39, 0.29) is 17.7 Å². The van der Waals surface area contributed by atoms with Gasteiger partial charge in [0.05, 0.1) is 19.1 Å². The van der Waals surface area contributed by atoms with Gasteiger partial charge in [0.1, 0.15) is 5.82 Å². The Labute approximate surface area is 199 Å². The summed E-state index contributed by atoms with van der Waals surface area (Å²) in [6.45, 7) is 4.51. The van der Waals surface area contributed by atoms with Crippen LogP contribution in [0.5, 0.6) is 0 Å². The van der Waals surface area contributed by atoms with Crippen LogP contribution in [0.15, 0.2) is 60.8 Å². The van der Waals surface area contributed by atoms with Crippen LogP contribution in [-0.4, -0.2) is 61.1 Å². The first kappa shape index (κ1) is 22.3. The number of carbonyl (C=O) groups excluding carboxylic acids is 2. The summed E-state index contributed by atoms with van der Waals surface area (Å²) in [6, 6.07) is 17.7. The Morgan fingerprint density at radius 2 is 1.82 bits per heavy atom. The molecule has 2 aromatic carbocycles. The van der Waals surface area contributed by atoms with Crippen LogP contribution >= 0.6 is 0 Å². The number of benzene rings is 2. The number of hydrogen-bond acceptors (Lipinski definition) is 5. The summed E-state index contributed by atoms with van der Waals surface area (Å²) in [6.07, 6.45) is 3.39. The number of amides is 2. The highest BCUT2D eigenvalue weighted by molar-refractivity contribution is 6.07. The van der Waals surface area contributed by atoms with Crippen LogP contribution in [0, 0.1) is 5.92 Å². The van der Waals surface area contributed by atoms with Gasteiger partial charge in [-0.2, -0.15) is 0 Å². The van der Waals surface area contributed by atoms with Crippen molar-refractivity contribution in [3.8, 4) is 0 Å². The largest absolute Gasteiger partial charge is 0.378 e. The second-order valence-electron chi connectivity index (χ2n) is 8.92. The number of fused-ring (bicyclic) bond motifs is 1. The van der Waals surface area contributed by atoms with Crippen molar-refractivity contribution in [2.45, 2.75) is 19.4 Å². The number of anilines is 1. The molecule has 5 rings (SSSR count). The first-order valence-electron chi connectivity index (χ1n) is 12.0. The predicted octanol–water partition coefficient (Wildman–Crippen LogP) is 3.24. The SMILES string of the molecule is O=C(NCc1cccnc1N1CCOCC1)C1CCCN(C(=O)c2cccc3ccccc23)C1. The van der Waals surface area contributed by atoms with Crippen molar-refractivity contribution in [1.29, 1.82) is 0 Å². The van der Waals surface area contributed by atoms with E-state index in [1.807, 2.05) is 59.5 Å². The highest BCUT2D eigenvalue weighted by Gasteiger charge is 2.29. The van der Waals surface area contributed by atoms with Crippen molar-refractivity contribution >= 4 is 28.4 Å². The quantitative estimate of drug-likeness (QED) is 0.635. The van der Waals surface area contributed by atoms with Gasteiger partial charge in [-0.25, -0.2) is 4.98 Å². The molecule has 3 aromatic rings. The highest BCUT2D eigenvalue weighted by atomic mass is 16.5. The van der Waals surface area contributed by atoms with Gasteiger partial charge in [-0.3, -0.25) is 9.59 Å². The fraction of sp³-hybridized carbons (Fsp3) is 0.370. The number of ether oxygens (including phenoxy) is 1. The van der Waals surface area contributed by atoms with E-state index in [2.05, 4.69) is 15.2 Å². The van der Waals surface area contributed by atoms with Gasteiger partial charge in [0, 0.05) is 50.0 Å². The lowest BCUT2D eigenvalue weighted by Gasteiger charge is -2.32. The molecule has 2 amide bonds. The number of aromatic nitrogens is 1. The first-order chi connectivity index (χ1) is 16.7. The maximum Gasteiger partial charge on any atom is 0.254 e. The summed E-state index contributed by atoms with van der Waals surface area (Å²) in [4.78, 5) is 35.0. The Balaban J connectivity index is 1.24. The molecule has 3 heterocycles. The van der Waals surface area contributed by atoms with E-state index in [4.69, 9.17) is 4.74 Å². The molecule has 0 spiro atoms. The number of likely N-dealkylation sites (tertiary alicyclic amines) is 1. The topological polar surface area (TPSA) is 74.8 Å². The van der Waals surface area contributed by atoms with Gasteiger partial charge in [-0.1, -0.05) is 42.5 Å². The Bertz CT molecular complexity index is 1170. The molecule has 1 aromatic heterocycles. The number of nitrogens with zero attached hydrogens (tertiary/aromatic N) is 3. The van der Waals surface area contributed by atoms with Crippen molar-refractivity contribution in [1.82, 2.24) is 15.2 Å². The van der Waals surface area contributed by atoms with Crippen molar-refractivity contribution in [3.05, 3.63) is 71.9 Å². The van der Waals surface area contributed by atoms with Crippen LogP contribution in [0.3, 0.4) is 0 Å². The number of piperidine rings is 1. The van der Waals surface area contributed by atoms with Crippen LogP contribution in [0.2, 0.25) is 0 Å². The number of rotatable bonds is 5. The van der Waals surface area contributed by atoms with Crippen molar-refractivity contribution in [3.63, 3.8) is 0 Å². The van der Waals surface area contributed by atoms with Gasteiger partial charge < -0.3 is 19.9 Å². The number of hydrogen-bond donors (Lipinski definition) is 1. The van der Waals surface area contributed by atoms with Crippen LogP contribution in [0.4, 0.5) is 5.82 Å². The lowest BCUT2D eigenvalue weighted by molar-refractivity contribution is -0.126. The predicted molar refractivity (Wildman–Crippen MR) is 132 cm³/mol. The molecule has 34 heavy (non-hydrogen) atoms. The third-order valence-corrected chi connectivity index (χ3v) is 6.73. The molecule has 0 bridgehead atoms. The minimum absolute atomic E-state index is 0.00355.